The number of carbonyl (C=O) groups excluding carboxylic acids is 1. The number of rotatable bonds is 5. The molecule has 0 aromatic heterocycles. The fourth-order valence-corrected chi connectivity index (χ4v) is 3.99. The predicted molar refractivity (Wildman–Crippen MR) is 81.9 cm³/mol. The molecule has 3 aliphatic rings. The van der Waals surface area contributed by atoms with Crippen LogP contribution in [-0.4, -0.2) is 17.4 Å². The van der Waals surface area contributed by atoms with Gasteiger partial charge in [0.05, 0.1) is 0 Å². The fraction of sp³-hybridized carbons (Fsp3) is 0.722. The van der Waals surface area contributed by atoms with Crippen molar-refractivity contribution in [3.8, 4) is 0 Å². The second-order valence-corrected chi connectivity index (χ2v) is 7.18. The average molecular weight is 273 g/mol. The highest BCUT2D eigenvalue weighted by Crippen LogP contribution is 2.51. The highest BCUT2D eigenvalue weighted by Gasteiger charge is 2.46. The molecule has 2 fully saturated rings. The lowest BCUT2D eigenvalue weighted by Gasteiger charge is -2.28. The molecule has 3 rings (SSSR count). The van der Waals surface area contributed by atoms with Crippen LogP contribution in [0.3, 0.4) is 0 Å². The molecule has 2 saturated carbocycles. The number of nitrogens with zero attached hydrogens (tertiary/aromatic N) is 1. The standard InChI is InChI=1S/C18H27NO/c1-4-19(18(20)14-6-7-14)11-15-10-17(15)16-8-5-12(2)9-13(16)3/h4,9,13-17H,1,5-8,10-11H2,2-3H3. The zero-order chi connectivity index (χ0) is 14.3. The highest BCUT2D eigenvalue weighted by molar-refractivity contribution is 5.81. The van der Waals surface area contributed by atoms with Crippen LogP contribution in [-0.2, 0) is 4.79 Å². The van der Waals surface area contributed by atoms with E-state index < -0.39 is 0 Å². The maximum absolute atomic E-state index is 12.1. The molecule has 110 valence electrons. The lowest BCUT2D eigenvalue weighted by atomic mass is 9.78. The van der Waals surface area contributed by atoms with Crippen molar-refractivity contribution in [2.24, 2.45) is 29.6 Å². The van der Waals surface area contributed by atoms with Crippen LogP contribution in [0.4, 0.5) is 0 Å². The van der Waals surface area contributed by atoms with E-state index in [1.54, 1.807) is 11.8 Å². The van der Waals surface area contributed by atoms with Crippen LogP contribution in [0.25, 0.3) is 0 Å². The van der Waals surface area contributed by atoms with Gasteiger partial charge in [-0.25, -0.2) is 0 Å². The summed E-state index contributed by atoms with van der Waals surface area (Å²) in [5.74, 6) is 3.74. The van der Waals surface area contributed by atoms with Gasteiger partial charge in [0.25, 0.3) is 0 Å². The number of hydrogen-bond donors (Lipinski definition) is 0. The quantitative estimate of drug-likeness (QED) is 0.693. The molecule has 1 amide bonds. The first-order valence-corrected chi connectivity index (χ1v) is 8.20. The fourth-order valence-electron chi connectivity index (χ4n) is 3.99. The monoisotopic (exact) mass is 273 g/mol. The van der Waals surface area contributed by atoms with E-state index in [0.717, 1.165) is 43.1 Å². The summed E-state index contributed by atoms with van der Waals surface area (Å²) < 4.78 is 0. The Bertz CT molecular complexity index is 435. The van der Waals surface area contributed by atoms with Gasteiger partial charge < -0.3 is 4.90 Å². The molecule has 4 unspecified atom stereocenters. The second kappa shape index (κ2) is 5.38. The Morgan fingerprint density at radius 2 is 2.15 bits per heavy atom. The lowest BCUT2D eigenvalue weighted by molar-refractivity contribution is -0.130. The molecule has 0 radical (unpaired) electrons. The molecule has 0 aliphatic heterocycles. The van der Waals surface area contributed by atoms with Crippen LogP contribution >= 0.6 is 0 Å². The maximum atomic E-state index is 12.1. The van der Waals surface area contributed by atoms with Crippen LogP contribution in [0.5, 0.6) is 0 Å². The molecule has 2 nitrogen and oxygen atoms in total. The minimum atomic E-state index is 0.310. The number of hydrogen-bond acceptors (Lipinski definition) is 1. The molecule has 0 N–H and O–H groups in total. The summed E-state index contributed by atoms with van der Waals surface area (Å²) in [6.45, 7) is 9.36. The molecule has 0 heterocycles. The van der Waals surface area contributed by atoms with Gasteiger partial charge in [-0.3, -0.25) is 4.79 Å². The van der Waals surface area contributed by atoms with Gasteiger partial charge in [0.2, 0.25) is 5.91 Å². The van der Waals surface area contributed by atoms with Gasteiger partial charge in [0.1, 0.15) is 0 Å². The Hall–Kier alpha value is -1.05. The van der Waals surface area contributed by atoms with E-state index in [-0.39, 0.29) is 0 Å². The maximum Gasteiger partial charge on any atom is 0.229 e. The average Bonchev–Trinajstić information content (AvgIpc) is 3.29. The normalized spacial score (nSPS) is 36.2. The van der Waals surface area contributed by atoms with Gasteiger partial charge in [0, 0.05) is 12.5 Å². The third-order valence-corrected chi connectivity index (χ3v) is 5.48. The summed E-state index contributed by atoms with van der Waals surface area (Å²) in [4.78, 5) is 14.0. The Balaban J connectivity index is 1.53. The summed E-state index contributed by atoms with van der Waals surface area (Å²) in [5.41, 5.74) is 1.56. The van der Waals surface area contributed by atoms with Gasteiger partial charge in [0.15, 0.2) is 0 Å². The number of allylic oxidation sites excluding steroid dienone is 2. The Labute approximate surface area is 122 Å². The predicted octanol–water partition coefficient (Wildman–Crippen LogP) is 4.00. The molecule has 2 heteroatoms. The van der Waals surface area contributed by atoms with Crippen molar-refractivity contribution in [2.45, 2.75) is 46.0 Å². The van der Waals surface area contributed by atoms with E-state index >= 15 is 0 Å². The van der Waals surface area contributed by atoms with Crippen molar-refractivity contribution in [1.29, 1.82) is 0 Å². The van der Waals surface area contributed by atoms with Crippen LogP contribution in [0.15, 0.2) is 24.4 Å². The van der Waals surface area contributed by atoms with E-state index in [1.807, 2.05) is 4.90 Å². The Morgan fingerprint density at radius 3 is 2.75 bits per heavy atom. The number of amides is 1. The van der Waals surface area contributed by atoms with E-state index in [1.165, 1.54) is 19.3 Å². The van der Waals surface area contributed by atoms with Crippen molar-refractivity contribution in [1.82, 2.24) is 4.90 Å². The third-order valence-electron chi connectivity index (χ3n) is 5.48. The highest BCUT2D eigenvalue weighted by atomic mass is 16.2. The van der Waals surface area contributed by atoms with Gasteiger partial charge in [-0.2, -0.15) is 0 Å². The van der Waals surface area contributed by atoms with Gasteiger partial charge in [-0.1, -0.05) is 25.2 Å². The van der Waals surface area contributed by atoms with Crippen molar-refractivity contribution >= 4 is 5.91 Å². The first-order chi connectivity index (χ1) is 9.60. The first-order valence-electron chi connectivity index (χ1n) is 8.20. The van der Waals surface area contributed by atoms with Crippen molar-refractivity contribution in [2.75, 3.05) is 6.54 Å². The molecule has 4 atom stereocenters. The molecular weight excluding hydrogens is 246 g/mol. The first kappa shape index (κ1) is 13.9. The van der Waals surface area contributed by atoms with Crippen LogP contribution in [0.2, 0.25) is 0 Å². The Morgan fingerprint density at radius 1 is 1.40 bits per heavy atom. The van der Waals surface area contributed by atoms with Crippen molar-refractivity contribution in [3.63, 3.8) is 0 Å². The molecule has 0 aromatic rings. The van der Waals surface area contributed by atoms with Crippen molar-refractivity contribution in [3.05, 3.63) is 24.4 Å². The van der Waals surface area contributed by atoms with Gasteiger partial charge in [-0.15, -0.1) is 0 Å². The summed E-state index contributed by atoms with van der Waals surface area (Å²) in [7, 11) is 0. The van der Waals surface area contributed by atoms with Crippen molar-refractivity contribution < 1.29 is 4.79 Å². The molecular formula is C18H27NO. The van der Waals surface area contributed by atoms with E-state index in [2.05, 4.69) is 26.5 Å². The summed E-state index contributed by atoms with van der Waals surface area (Å²) in [5, 5.41) is 0. The summed E-state index contributed by atoms with van der Waals surface area (Å²) in [6, 6.07) is 0. The molecule has 20 heavy (non-hydrogen) atoms. The number of carbonyl (C=O) groups is 1. The van der Waals surface area contributed by atoms with Gasteiger partial charge >= 0.3 is 0 Å². The summed E-state index contributed by atoms with van der Waals surface area (Å²) in [6.07, 6.45) is 10.3. The van der Waals surface area contributed by atoms with Gasteiger partial charge in [-0.05, 0) is 68.9 Å². The Kier molecular flexibility index (Phi) is 3.74. The SMILES string of the molecule is C=CN(CC1CC1C1CCC(C)=CC1C)C(=O)C1CC1. The minimum absolute atomic E-state index is 0.310. The van der Waals surface area contributed by atoms with Crippen LogP contribution in [0.1, 0.15) is 46.0 Å². The smallest absolute Gasteiger partial charge is 0.229 e. The van der Waals surface area contributed by atoms with E-state index in [9.17, 15) is 4.79 Å². The van der Waals surface area contributed by atoms with E-state index in [0.29, 0.717) is 11.8 Å². The molecule has 0 bridgehead atoms. The van der Waals surface area contributed by atoms with Crippen LogP contribution < -0.4 is 0 Å². The third kappa shape index (κ3) is 2.84. The zero-order valence-corrected chi connectivity index (χ0v) is 12.8. The lowest BCUT2D eigenvalue weighted by Crippen LogP contribution is -2.30. The molecule has 0 aromatic carbocycles. The van der Waals surface area contributed by atoms with Crippen LogP contribution in [0, 0.1) is 29.6 Å². The summed E-state index contributed by atoms with van der Waals surface area (Å²) >= 11 is 0. The second-order valence-electron chi connectivity index (χ2n) is 7.18. The molecule has 3 aliphatic carbocycles. The largest absolute Gasteiger partial charge is 0.319 e. The topological polar surface area (TPSA) is 20.3 Å². The minimum Gasteiger partial charge on any atom is -0.319 e. The zero-order valence-electron chi connectivity index (χ0n) is 12.8. The van der Waals surface area contributed by atoms with E-state index in [4.69, 9.17) is 0 Å². The molecule has 0 saturated heterocycles. The molecule has 0 spiro atoms.